The van der Waals surface area contributed by atoms with Crippen LogP contribution in [0.25, 0.3) is 10.9 Å². The number of carbonyl (C=O) groups is 1. The van der Waals surface area contributed by atoms with Gasteiger partial charge in [-0.25, -0.2) is 9.18 Å². The van der Waals surface area contributed by atoms with E-state index in [0.29, 0.717) is 11.9 Å². The number of phenols is 1. The second-order valence-electron chi connectivity index (χ2n) is 7.19. The van der Waals surface area contributed by atoms with Gasteiger partial charge in [-0.3, -0.25) is 4.98 Å². The molecule has 28 heavy (non-hydrogen) atoms. The van der Waals surface area contributed by atoms with Gasteiger partial charge in [-0.05, 0) is 61.1 Å². The molecule has 1 aromatic heterocycles. The predicted octanol–water partition coefficient (Wildman–Crippen LogP) is 4.36. The number of piperidine rings is 1. The Morgan fingerprint density at radius 3 is 2.46 bits per heavy atom. The lowest BCUT2D eigenvalue weighted by Crippen LogP contribution is -2.29. The average Bonchev–Trinajstić information content (AvgIpc) is 2.70. The number of fused-ring (bicyclic) bond motifs is 1. The molecule has 0 bridgehead atoms. The summed E-state index contributed by atoms with van der Waals surface area (Å²) >= 11 is 0. The maximum Gasteiger partial charge on any atom is 0.339 e. The average molecular weight is 380 g/mol. The Bertz CT molecular complexity index is 1030. The highest BCUT2D eigenvalue weighted by atomic mass is 19.1. The molecule has 3 aromatic rings. The van der Waals surface area contributed by atoms with Gasteiger partial charge < -0.3 is 15.1 Å². The van der Waals surface area contributed by atoms with Gasteiger partial charge in [-0.2, -0.15) is 0 Å². The monoisotopic (exact) mass is 380 g/mol. The molecule has 2 heterocycles. The molecular weight excluding hydrogens is 359 g/mol. The summed E-state index contributed by atoms with van der Waals surface area (Å²) in [5.41, 5.74) is 2.82. The Morgan fingerprint density at radius 1 is 1.07 bits per heavy atom. The van der Waals surface area contributed by atoms with Crippen LogP contribution in [0.15, 0.2) is 42.6 Å². The molecule has 2 aromatic carbocycles. The summed E-state index contributed by atoms with van der Waals surface area (Å²) in [6.07, 6.45) is 5.47. The second kappa shape index (κ2) is 7.46. The van der Waals surface area contributed by atoms with Gasteiger partial charge in [0.1, 0.15) is 16.9 Å². The van der Waals surface area contributed by atoms with Crippen LogP contribution in [0.4, 0.5) is 10.1 Å². The van der Waals surface area contributed by atoms with Crippen LogP contribution < -0.4 is 4.90 Å². The summed E-state index contributed by atoms with van der Waals surface area (Å²) in [5, 5.41) is 20.7. The first-order valence-corrected chi connectivity index (χ1v) is 9.40. The van der Waals surface area contributed by atoms with Crippen molar-refractivity contribution in [1.82, 2.24) is 4.98 Å². The van der Waals surface area contributed by atoms with E-state index in [1.54, 1.807) is 24.4 Å². The third-order valence-corrected chi connectivity index (χ3v) is 5.23. The highest BCUT2D eigenvalue weighted by molar-refractivity contribution is 6.04. The first-order valence-electron chi connectivity index (χ1n) is 9.40. The lowest BCUT2D eigenvalue weighted by atomic mass is 10.0. The second-order valence-corrected chi connectivity index (χ2v) is 7.19. The minimum atomic E-state index is -1.17. The van der Waals surface area contributed by atoms with Gasteiger partial charge in [0.15, 0.2) is 5.75 Å². The number of carboxylic acid groups (broad SMARTS) is 1. The standard InChI is InChI=1S/C22H21FN2O3/c23-16-6-4-14(5-7-16)10-15-11-17-19(25-8-2-1-3-9-25)12-18(22(27)28)21(26)20(17)24-13-15/h4-7,11-13,26H,1-3,8-10H2,(H,27,28). The van der Waals surface area contributed by atoms with E-state index in [4.69, 9.17) is 0 Å². The zero-order valence-electron chi connectivity index (χ0n) is 15.4. The normalized spacial score (nSPS) is 14.4. The summed E-state index contributed by atoms with van der Waals surface area (Å²) in [4.78, 5) is 18.1. The zero-order chi connectivity index (χ0) is 19.7. The number of hydrogen-bond acceptors (Lipinski definition) is 4. The van der Waals surface area contributed by atoms with Crippen molar-refractivity contribution >= 4 is 22.6 Å². The number of halogens is 1. The van der Waals surface area contributed by atoms with E-state index in [9.17, 15) is 19.4 Å². The number of hydrogen-bond donors (Lipinski definition) is 2. The molecule has 2 N–H and O–H groups in total. The lowest BCUT2D eigenvalue weighted by molar-refractivity contribution is 0.0694. The molecule has 0 amide bonds. The third-order valence-electron chi connectivity index (χ3n) is 5.23. The smallest absolute Gasteiger partial charge is 0.339 e. The third kappa shape index (κ3) is 3.50. The van der Waals surface area contributed by atoms with E-state index in [1.807, 2.05) is 6.07 Å². The Balaban J connectivity index is 1.82. The molecule has 144 valence electrons. The maximum atomic E-state index is 13.1. The van der Waals surface area contributed by atoms with Gasteiger partial charge in [0, 0.05) is 30.4 Å². The Labute approximate surface area is 162 Å². The number of rotatable bonds is 4. The number of anilines is 1. The van der Waals surface area contributed by atoms with Crippen molar-refractivity contribution in [3.63, 3.8) is 0 Å². The van der Waals surface area contributed by atoms with E-state index in [2.05, 4.69) is 9.88 Å². The first kappa shape index (κ1) is 18.2. The summed E-state index contributed by atoms with van der Waals surface area (Å²) in [7, 11) is 0. The molecule has 0 aliphatic carbocycles. The molecular formula is C22H21FN2O3. The highest BCUT2D eigenvalue weighted by Gasteiger charge is 2.22. The van der Waals surface area contributed by atoms with E-state index in [0.717, 1.165) is 54.6 Å². The number of pyridine rings is 1. The van der Waals surface area contributed by atoms with Gasteiger partial charge >= 0.3 is 5.97 Å². The topological polar surface area (TPSA) is 73.7 Å². The van der Waals surface area contributed by atoms with E-state index < -0.39 is 5.97 Å². The minimum absolute atomic E-state index is 0.133. The number of aromatic carboxylic acids is 1. The predicted molar refractivity (Wildman–Crippen MR) is 106 cm³/mol. The van der Waals surface area contributed by atoms with E-state index in [-0.39, 0.29) is 17.1 Å². The molecule has 1 aliphatic rings. The largest absolute Gasteiger partial charge is 0.505 e. The van der Waals surface area contributed by atoms with Crippen molar-refractivity contribution in [2.75, 3.05) is 18.0 Å². The molecule has 0 saturated carbocycles. The van der Waals surface area contributed by atoms with Crippen LogP contribution in [-0.2, 0) is 6.42 Å². The number of aromatic nitrogens is 1. The van der Waals surface area contributed by atoms with Gasteiger partial charge in [-0.1, -0.05) is 12.1 Å². The maximum absolute atomic E-state index is 13.1. The number of aromatic hydroxyl groups is 1. The van der Waals surface area contributed by atoms with E-state index >= 15 is 0 Å². The highest BCUT2D eigenvalue weighted by Crippen LogP contribution is 2.37. The zero-order valence-corrected chi connectivity index (χ0v) is 15.4. The van der Waals surface area contributed by atoms with Crippen molar-refractivity contribution in [3.05, 3.63) is 65.1 Å². The van der Waals surface area contributed by atoms with Crippen molar-refractivity contribution in [3.8, 4) is 5.75 Å². The summed E-state index contributed by atoms with van der Waals surface area (Å²) in [6, 6.07) is 9.81. The number of nitrogens with zero attached hydrogens (tertiary/aromatic N) is 2. The molecule has 1 fully saturated rings. The van der Waals surface area contributed by atoms with Crippen LogP contribution in [0, 0.1) is 5.82 Å². The summed E-state index contributed by atoms with van der Waals surface area (Å²) < 4.78 is 13.1. The van der Waals surface area contributed by atoms with Gasteiger partial charge in [0.05, 0.1) is 0 Å². The molecule has 1 saturated heterocycles. The first-order chi connectivity index (χ1) is 13.5. The quantitative estimate of drug-likeness (QED) is 0.704. The fraction of sp³-hybridized carbons (Fsp3) is 0.273. The summed E-state index contributed by atoms with van der Waals surface area (Å²) in [5.74, 6) is -1.76. The van der Waals surface area contributed by atoms with Crippen molar-refractivity contribution in [2.24, 2.45) is 0 Å². The number of carboxylic acids is 1. The van der Waals surface area contributed by atoms with Crippen molar-refractivity contribution in [2.45, 2.75) is 25.7 Å². The van der Waals surface area contributed by atoms with Crippen LogP contribution in [0.3, 0.4) is 0 Å². The Hall–Kier alpha value is -3.15. The lowest BCUT2D eigenvalue weighted by Gasteiger charge is -2.30. The SMILES string of the molecule is O=C(O)c1cc(N2CCCCC2)c2cc(Cc3ccc(F)cc3)cnc2c1O. The van der Waals surface area contributed by atoms with Crippen molar-refractivity contribution < 1.29 is 19.4 Å². The molecule has 0 radical (unpaired) electrons. The van der Waals surface area contributed by atoms with Crippen LogP contribution in [0.1, 0.15) is 40.7 Å². The van der Waals surface area contributed by atoms with Crippen LogP contribution in [0.2, 0.25) is 0 Å². The van der Waals surface area contributed by atoms with Crippen LogP contribution in [-0.4, -0.2) is 34.3 Å². The van der Waals surface area contributed by atoms with E-state index in [1.165, 1.54) is 12.1 Å². The van der Waals surface area contributed by atoms with Crippen LogP contribution >= 0.6 is 0 Å². The summed E-state index contributed by atoms with van der Waals surface area (Å²) in [6.45, 7) is 1.70. The van der Waals surface area contributed by atoms with Gasteiger partial charge in [0.2, 0.25) is 0 Å². The molecule has 0 spiro atoms. The van der Waals surface area contributed by atoms with Gasteiger partial charge in [-0.15, -0.1) is 0 Å². The molecule has 5 nitrogen and oxygen atoms in total. The molecule has 1 aliphatic heterocycles. The fourth-order valence-corrected chi connectivity index (χ4v) is 3.80. The fourth-order valence-electron chi connectivity index (χ4n) is 3.80. The van der Waals surface area contributed by atoms with Crippen molar-refractivity contribution in [1.29, 1.82) is 0 Å². The molecule has 0 atom stereocenters. The molecule has 6 heteroatoms. The Morgan fingerprint density at radius 2 is 1.79 bits per heavy atom. The molecule has 0 unspecified atom stereocenters. The molecule has 4 rings (SSSR count). The van der Waals surface area contributed by atoms with Crippen LogP contribution in [0.5, 0.6) is 5.75 Å². The van der Waals surface area contributed by atoms with Gasteiger partial charge in [0.25, 0.3) is 0 Å². The minimum Gasteiger partial charge on any atom is -0.505 e. The Kier molecular flexibility index (Phi) is 4.86. The number of benzene rings is 2.